The van der Waals surface area contributed by atoms with Crippen LogP contribution in [0.15, 0.2) is 43.0 Å². The van der Waals surface area contributed by atoms with E-state index in [4.69, 9.17) is 4.74 Å². The first-order chi connectivity index (χ1) is 12.7. The lowest BCUT2D eigenvalue weighted by atomic mass is 9.98. The second-order valence-electron chi connectivity index (χ2n) is 6.87. The maximum atomic E-state index is 13.1. The summed E-state index contributed by atoms with van der Waals surface area (Å²) in [6, 6.07) is 8.02. The van der Waals surface area contributed by atoms with E-state index in [0.29, 0.717) is 5.69 Å². The number of aromatic nitrogens is 3. The second kappa shape index (κ2) is 7.23. The first-order valence-corrected chi connectivity index (χ1v) is 9.18. The number of methoxy groups -OCH3 is 1. The first-order valence-electron chi connectivity index (χ1n) is 9.18. The van der Waals surface area contributed by atoms with E-state index in [1.54, 1.807) is 13.3 Å². The number of aryl methyl sites for hydroxylation is 1. The molecular formula is C20H24N4O2. The molecule has 3 aromatic rings. The van der Waals surface area contributed by atoms with Gasteiger partial charge in [-0.05, 0) is 49.9 Å². The summed E-state index contributed by atoms with van der Waals surface area (Å²) >= 11 is 0. The maximum Gasteiger partial charge on any atom is 0.270 e. The van der Waals surface area contributed by atoms with Gasteiger partial charge in [-0.25, -0.2) is 4.98 Å². The number of amides is 1. The lowest BCUT2D eigenvalue weighted by Gasteiger charge is -2.35. The zero-order chi connectivity index (χ0) is 17.9. The third-order valence-corrected chi connectivity index (χ3v) is 5.23. The Kier molecular flexibility index (Phi) is 4.65. The average molecular weight is 352 g/mol. The van der Waals surface area contributed by atoms with Crippen LogP contribution in [0.5, 0.6) is 5.75 Å². The van der Waals surface area contributed by atoms with Gasteiger partial charge < -0.3 is 19.2 Å². The number of piperidine rings is 1. The average Bonchev–Trinajstić information content (AvgIpc) is 3.34. The normalized spacial score (nSPS) is 17.6. The molecule has 6 nitrogen and oxygen atoms in total. The maximum absolute atomic E-state index is 13.1. The molecule has 0 bridgehead atoms. The van der Waals surface area contributed by atoms with E-state index >= 15 is 0 Å². The molecule has 1 N–H and O–H groups in total. The summed E-state index contributed by atoms with van der Waals surface area (Å²) in [5.74, 6) is 0.891. The number of carbonyl (C=O) groups is 1. The Morgan fingerprint density at radius 1 is 1.35 bits per heavy atom. The van der Waals surface area contributed by atoms with Crippen LogP contribution < -0.4 is 4.74 Å². The van der Waals surface area contributed by atoms with Crippen molar-refractivity contribution in [2.75, 3.05) is 13.7 Å². The van der Waals surface area contributed by atoms with E-state index in [2.05, 4.69) is 14.5 Å². The monoisotopic (exact) mass is 352 g/mol. The Morgan fingerprint density at radius 3 is 3.08 bits per heavy atom. The number of H-pyrrole nitrogens is 1. The molecule has 0 unspecified atom stereocenters. The highest BCUT2D eigenvalue weighted by atomic mass is 16.5. The van der Waals surface area contributed by atoms with Gasteiger partial charge in [-0.2, -0.15) is 0 Å². The van der Waals surface area contributed by atoms with E-state index in [1.807, 2.05) is 41.7 Å². The van der Waals surface area contributed by atoms with E-state index in [9.17, 15) is 4.79 Å². The van der Waals surface area contributed by atoms with E-state index in [1.165, 1.54) is 6.42 Å². The molecule has 1 amide bonds. The fourth-order valence-corrected chi connectivity index (χ4v) is 3.79. The number of benzene rings is 1. The molecule has 0 radical (unpaired) electrons. The van der Waals surface area contributed by atoms with Gasteiger partial charge in [0.1, 0.15) is 11.4 Å². The third kappa shape index (κ3) is 3.31. The van der Waals surface area contributed by atoms with E-state index < -0.39 is 0 Å². The third-order valence-electron chi connectivity index (χ3n) is 5.23. The second-order valence-corrected chi connectivity index (χ2v) is 6.87. The summed E-state index contributed by atoms with van der Waals surface area (Å²) in [5, 5.41) is 1.000. The SMILES string of the molecule is COc1ccc2[nH]c(C(=O)N3CCCC[C@H]3CCn3ccnc3)cc2c1. The van der Waals surface area contributed by atoms with Crippen molar-refractivity contribution in [3.05, 3.63) is 48.7 Å². The van der Waals surface area contributed by atoms with Crippen LogP contribution in [0.4, 0.5) is 0 Å². The van der Waals surface area contributed by atoms with Gasteiger partial charge in [0, 0.05) is 42.4 Å². The molecule has 136 valence electrons. The first kappa shape index (κ1) is 16.7. The summed E-state index contributed by atoms with van der Waals surface area (Å²) in [6.45, 7) is 1.71. The van der Waals surface area contributed by atoms with Gasteiger partial charge in [0.15, 0.2) is 0 Å². The van der Waals surface area contributed by atoms with E-state index in [0.717, 1.165) is 49.0 Å². The van der Waals surface area contributed by atoms with Crippen LogP contribution in [0.2, 0.25) is 0 Å². The molecule has 0 spiro atoms. The number of carbonyl (C=O) groups excluding carboxylic acids is 1. The van der Waals surface area contributed by atoms with E-state index in [-0.39, 0.29) is 11.9 Å². The predicted octanol–water partition coefficient (Wildman–Crippen LogP) is 3.46. The van der Waals surface area contributed by atoms with Crippen LogP contribution in [0.1, 0.15) is 36.2 Å². The van der Waals surface area contributed by atoms with Crippen LogP contribution in [0, 0.1) is 0 Å². The summed E-state index contributed by atoms with van der Waals surface area (Å²) in [6.07, 6.45) is 9.87. The highest BCUT2D eigenvalue weighted by Crippen LogP contribution is 2.25. The van der Waals surface area contributed by atoms with Crippen molar-refractivity contribution in [3.63, 3.8) is 0 Å². The van der Waals surface area contributed by atoms with Gasteiger partial charge >= 0.3 is 0 Å². The standard InChI is InChI=1S/C20H24N4O2/c1-26-17-5-6-18-15(12-17)13-19(22-18)20(25)24-9-3-2-4-16(24)7-10-23-11-8-21-14-23/h5-6,8,11-14,16,22H,2-4,7,9-10H2,1H3/t16-/m0/s1. The molecule has 2 aromatic heterocycles. The molecule has 1 aromatic carbocycles. The number of rotatable bonds is 5. The van der Waals surface area contributed by atoms with Gasteiger partial charge in [0.25, 0.3) is 5.91 Å². The number of hydrogen-bond donors (Lipinski definition) is 1. The summed E-state index contributed by atoms with van der Waals surface area (Å²) in [5.41, 5.74) is 1.61. The molecule has 4 rings (SSSR count). The van der Waals surface area contributed by atoms with Crippen LogP contribution in [0.3, 0.4) is 0 Å². The summed E-state index contributed by atoms with van der Waals surface area (Å²) in [7, 11) is 1.65. The number of likely N-dealkylation sites (tertiary alicyclic amines) is 1. The molecule has 1 saturated heterocycles. The molecule has 3 heterocycles. The molecule has 1 aliphatic heterocycles. The molecule has 0 aliphatic carbocycles. The molecule has 6 heteroatoms. The van der Waals surface area contributed by atoms with Crippen molar-refractivity contribution < 1.29 is 9.53 Å². The van der Waals surface area contributed by atoms with Crippen LogP contribution >= 0.6 is 0 Å². The van der Waals surface area contributed by atoms with Gasteiger partial charge in [0.05, 0.1) is 13.4 Å². The molecule has 1 fully saturated rings. The number of fused-ring (bicyclic) bond motifs is 1. The molecule has 1 aliphatic rings. The topological polar surface area (TPSA) is 63.2 Å². The van der Waals surface area contributed by atoms with Crippen LogP contribution in [-0.2, 0) is 6.54 Å². The van der Waals surface area contributed by atoms with Crippen LogP contribution in [-0.4, -0.2) is 45.0 Å². The largest absolute Gasteiger partial charge is 0.497 e. The quantitative estimate of drug-likeness (QED) is 0.765. The number of hydrogen-bond acceptors (Lipinski definition) is 3. The van der Waals surface area contributed by atoms with Crippen LogP contribution in [0.25, 0.3) is 10.9 Å². The van der Waals surface area contributed by atoms with Crippen molar-refractivity contribution in [2.24, 2.45) is 0 Å². The molecule has 1 atom stereocenters. The molecule has 0 saturated carbocycles. The number of ether oxygens (including phenoxy) is 1. The summed E-state index contributed by atoms with van der Waals surface area (Å²) < 4.78 is 7.35. The lowest BCUT2D eigenvalue weighted by Crippen LogP contribution is -2.44. The minimum atomic E-state index is 0.0931. The van der Waals surface area contributed by atoms with Crippen molar-refractivity contribution in [2.45, 2.75) is 38.3 Å². The van der Waals surface area contributed by atoms with Gasteiger partial charge in [-0.3, -0.25) is 4.79 Å². The fraction of sp³-hybridized carbons (Fsp3) is 0.400. The highest BCUT2D eigenvalue weighted by molar-refractivity contribution is 5.98. The van der Waals surface area contributed by atoms with Gasteiger partial charge in [-0.1, -0.05) is 0 Å². The minimum Gasteiger partial charge on any atom is -0.497 e. The minimum absolute atomic E-state index is 0.0931. The van der Waals surface area contributed by atoms with Gasteiger partial charge in [0.2, 0.25) is 0 Å². The number of nitrogens with one attached hydrogen (secondary N) is 1. The predicted molar refractivity (Wildman–Crippen MR) is 100 cm³/mol. The van der Waals surface area contributed by atoms with Crippen molar-refractivity contribution in [3.8, 4) is 5.75 Å². The number of imidazole rings is 1. The van der Waals surface area contributed by atoms with Crippen molar-refractivity contribution >= 4 is 16.8 Å². The Bertz CT molecular complexity index is 884. The molecular weight excluding hydrogens is 328 g/mol. The molecule has 26 heavy (non-hydrogen) atoms. The van der Waals surface area contributed by atoms with Crippen molar-refractivity contribution in [1.82, 2.24) is 19.4 Å². The Morgan fingerprint density at radius 2 is 2.27 bits per heavy atom. The van der Waals surface area contributed by atoms with Gasteiger partial charge in [-0.15, -0.1) is 0 Å². The lowest BCUT2D eigenvalue weighted by molar-refractivity contribution is 0.0590. The number of nitrogens with zero attached hydrogens (tertiary/aromatic N) is 3. The van der Waals surface area contributed by atoms with Crippen molar-refractivity contribution in [1.29, 1.82) is 0 Å². The zero-order valence-corrected chi connectivity index (χ0v) is 15.0. The Labute approximate surface area is 152 Å². The fourth-order valence-electron chi connectivity index (χ4n) is 3.79. The zero-order valence-electron chi connectivity index (χ0n) is 15.0. The smallest absolute Gasteiger partial charge is 0.270 e. The Hall–Kier alpha value is -2.76. The summed E-state index contributed by atoms with van der Waals surface area (Å²) in [4.78, 5) is 22.5. The Balaban J connectivity index is 1.52. The highest BCUT2D eigenvalue weighted by Gasteiger charge is 2.28. The number of aromatic amines is 1.